The lowest BCUT2D eigenvalue weighted by Crippen LogP contribution is -2.60. The van der Waals surface area contributed by atoms with Gasteiger partial charge in [0.2, 0.25) is 12.2 Å². The molecule has 3 aliphatic heterocycles. The van der Waals surface area contributed by atoms with Crippen molar-refractivity contribution in [1.82, 2.24) is 4.90 Å². The first-order valence-corrected chi connectivity index (χ1v) is 15.8. The highest BCUT2D eigenvalue weighted by Crippen LogP contribution is 2.45. The topological polar surface area (TPSA) is 225 Å². The van der Waals surface area contributed by atoms with E-state index in [1.807, 2.05) is 0 Å². The van der Waals surface area contributed by atoms with Crippen molar-refractivity contribution in [3.8, 4) is 23.0 Å². The molecule has 0 saturated carbocycles. The van der Waals surface area contributed by atoms with Gasteiger partial charge in [0.25, 0.3) is 0 Å². The highest BCUT2D eigenvalue weighted by Gasteiger charge is 2.48. The van der Waals surface area contributed by atoms with Crippen LogP contribution >= 0.6 is 0 Å². The van der Waals surface area contributed by atoms with Gasteiger partial charge < -0.3 is 64.3 Å². The van der Waals surface area contributed by atoms with Crippen LogP contribution in [0.4, 0.5) is 0 Å². The molecule has 3 heterocycles. The van der Waals surface area contributed by atoms with Crippen LogP contribution in [0.5, 0.6) is 23.0 Å². The molecule has 270 valence electrons. The zero-order valence-electron chi connectivity index (χ0n) is 27.4. The summed E-state index contributed by atoms with van der Waals surface area (Å²) < 4.78 is 27.4. The lowest BCUT2D eigenvalue weighted by atomic mass is 9.76. The van der Waals surface area contributed by atoms with Crippen molar-refractivity contribution in [3.63, 3.8) is 0 Å². The van der Waals surface area contributed by atoms with E-state index in [4.69, 9.17) is 23.7 Å². The number of esters is 1. The van der Waals surface area contributed by atoms with Crippen molar-refractivity contribution in [1.29, 1.82) is 0 Å². The summed E-state index contributed by atoms with van der Waals surface area (Å²) in [6, 6.07) is 6.60. The lowest BCUT2D eigenvalue weighted by Gasteiger charge is -2.44. The predicted molar refractivity (Wildman–Crippen MR) is 173 cm³/mol. The summed E-state index contributed by atoms with van der Waals surface area (Å²) >= 11 is 0. The van der Waals surface area contributed by atoms with Gasteiger partial charge in [0.15, 0.2) is 29.3 Å². The highest BCUT2D eigenvalue weighted by molar-refractivity contribution is 5.92. The molecule has 15 heteroatoms. The van der Waals surface area contributed by atoms with Crippen LogP contribution in [0.3, 0.4) is 0 Å². The first-order chi connectivity index (χ1) is 23.9. The fraction of sp³-hybridized carbons (Fsp3) is 0.429. The number of phenolic OH excluding ortho intramolecular Hbond substituents is 3. The number of methoxy groups -OCH3 is 2. The van der Waals surface area contributed by atoms with E-state index >= 15 is 0 Å². The van der Waals surface area contributed by atoms with Crippen LogP contribution in [0.25, 0.3) is 6.08 Å². The first-order valence-electron chi connectivity index (χ1n) is 15.8. The van der Waals surface area contributed by atoms with E-state index < -0.39 is 79.1 Å². The fourth-order valence-corrected chi connectivity index (χ4v) is 6.57. The molecule has 1 fully saturated rings. The third-order valence-electron chi connectivity index (χ3n) is 9.29. The molecule has 15 nitrogen and oxygen atoms in total. The van der Waals surface area contributed by atoms with Crippen LogP contribution in [0, 0.1) is 11.8 Å². The molecule has 9 atom stereocenters. The van der Waals surface area contributed by atoms with Gasteiger partial charge in [-0.15, -0.1) is 6.58 Å². The summed E-state index contributed by atoms with van der Waals surface area (Å²) in [6.07, 6.45) is -3.31. The molecular weight excluding hydrogens is 658 g/mol. The summed E-state index contributed by atoms with van der Waals surface area (Å²) in [5.74, 6) is -3.43. The highest BCUT2D eigenvalue weighted by atomic mass is 16.8. The van der Waals surface area contributed by atoms with Crippen LogP contribution in [0.2, 0.25) is 0 Å². The molecular formula is C35H41NO14. The number of rotatable bonds is 10. The third kappa shape index (κ3) is 7.28. The molecule has 1 saturated heterocycles. The van der Waals surface area contributed by atoms with Crippen molar-refractivity contribution < 1.29 is 69.0 Å². The number of hydrogen-bond acceptors (Lipinski definition) is 14. The second-order valence-electron chi connectivity index (χ2n) is 12.2. The van der Waals surface area contributed by atoms with Gasteiger partial charge in [0.1, 0.15) is 24.4 Å². The monoisotopic (exact) mass is 699 g/mol. The molecule has 1 amide bonds. The zero-order chi connectivity index (χ0) is 36.3. The Morgan fingerprint density at radius 3 is 2.42 bits per heavy atom. The average molecular weight is 700 g/mol. The molecule has 3 aliphatic rings. The van der Waals surface area contributed by atoms with E-state index in [-0.39, 0.29) is 35.8 Å². The van der Waals surface area contributed by atoms with Gasteiger partial charge >= 0.3 is 5.97 Å². The SMILES string of the molecule is C=C[C@H]1[C@H](O[C@@H]2O[C@H](CO)[C@@H](O)[C@H](O)[C@H]2O)OC=C(C(=O)OC)[C@@H]1C[C@@H]1c2cc(O)c(O)cc2CCN1C(=O)/C=C\c1ccc(O)c(OC)c1. The maximum absolute atomic E-state index is 13.9. The number of phenols is 3. The van der Waals surface area contributed by atoms with Gasteiger partial charge in [-0.3, -0.25) is 4.79 Å². The standard InChI is InChI=1S/C35H41NO14/c1-4-19-21(22(33(45)47-3)16-48-34(19)50-35-32(44)31(43)30(42)28(15-37)49-35)13-23-20-14-26(40)25(39)12-18(20)9-10-36(23)29(41)8-6-17-5-7-24(38)27(11-17)46-2/h4-8,11-12,14,16,19,21,23,28,30-32,34-35,37-40,42-44H,1,9-10,13,15H2,2-3H3/b8-6-/t19-,21-,23-,28-,30-,31+,32-,34+,35+/m1/s1. The van der Waals surface area contributed by atoms with Crippen LogP contribution in [-0.4, -0.2) is 117 Å². The maximum atomic E-state index is 13.9. The van der Waals surface area contributed by atoms with Gasteiger partial charge in [-0.05, 0) is 59.9 Å². The van der Waals surface area contributed by atoms with Gasteiger partial charge in [-0.25, -0.2) is 4.79 Å². The van der Waals surface area contributed by atoms with E-state index in [0.29, 0.717) is 23.1 Å². The Morgan fingerprint density at radius 2 is 1.74 bits per heavy atom. The second kappa shape index (κ2) is 15.5. The summed E-state index contributed by atoms with van der Waals surface area (Å²) in [6.45, 7) is 3.43. The van der Waals surface area contributed by atoms with Gasteiger partial charge in [0, 0.05) is 24.5 Å². The smallest absolute Gasteiger partial charge is 0.337 e. The minimum absolute atomic E-state index is 0.0271. The summed E-state index contributed by atoms with van der Waals surface area (Å²) in [5.41, 5.74) is 1.83. The van der Waals surface area contributed by atoms with E-state index in [0.717, 1.165) is 6.26 Å². The Labute approximate surface area is 287 Å². The number of nitrogens with zero attached hydrogens (tertiary/aromatic N) is 1. The van der Waals surface area contributed by atoms with Crippen molar-refractivity contribution in [3.05, 3.63) is 77.6 Å². The van der Waals surface area contributed by atoms with Gasteiger partial charge in [-0.1, -0.05) is 12.1 Å². The molecule has 0 aromatic heterocycles. The van der Waals surface area contributed by atoms with E-state index in [2.05, 4.69) is 6.58 Å². The van der Waals surface area contributed by atoms with Crippen LogP contribution in [-0.2, 0) is 35.0 Å². The Balaban J connectivity index is 1.50. The zero-order valence-corrected chi connectivity index (χ0v) is 27.4. The maximum Gasteiger partial charge on any atom is 0.337 e. The Kier molecular flexibility index (Phi) is 11.4. The Morgan fingerprint density at radius 1 is 1.00 bits per heavy atom. The number of aliphatic hydroxyl groups excluding tert-OH is 4. The van der Waals surface area contributed by atoms with Crippen molar-refractivity contribution >= 4 is 18.0 Å². The average Bonchev–Trinajstić information content (AvgIpc) is 3.11. The minimum atomic E-state index is -1.74. The third-order valence-corrected chi connectivity index (χ3v) is 9.29. The Hall–Kier alpha value is -4.64. The van der Waals surface area contributed by atoms with Gasteiger partial charge in [0.05, 0.1) is 38.7 Å². The number of carbonyl (C=O) groups excluding carboxylic acids is 2. The lowest BCUT2D eigenvalue weighted by molar-refractivity contribution is -0.339. The second-order valence-corrected chi connectivity index (χ2v) is 12.2. The van der Waals surface area contributed by atoms with Crippen LogP contribution in [0.1, 0.15) is 29.2 Å². The van der Waals surface area contributed by atoms with Crippen LogP contribution in [0.15, 0.2) is 60.9 Å². The van der Waals surface area contributed by atoms with Gasteiger partial charge in [-0.2, -0.15) is 0 Å². The van der Waals surface area contributed by atoms with E-state index in [1.54, 1.807) is 23.1 Å². The first kappa shape index (κ1) is 36.6. The number of ether oxygens (including phenoxy) is 5. The summed E-state index contributed by atoms with van der Waals surface area (Å²) in [5, 5.41) is 71.5. The molecule has 7 N–H and O–H groups in total. The molecule has 0 bridgehead atoms. The van der Waals surface area contributed by atoms with Crippen molar-refractivity contribution in [2.45, 2.75) is 55.9 Å². The van der Waals surface area contributed by atoms with Crippen LogP contribution < -0.4 is 4.74 Å². The van der Waals surface area contributed by atoms with E-state index in [9.17, 15) is 45.3 Å². The predicted octanol–water partition coefficient (Wildman–Crippen LogP) is 0.989. The number of carbonyl (C=O) groups is 2. The fourth-order valence-electron chi connectivity index (χ4n) is 6.57. The number of benzene rings is 2. The van der Waals surface area contributed by atoms with E-state index in [1.165, 1.54) is 44.6 Å². The molecule has 50 heavy (non-hydrogen) atoms. The quantitative estimate of drug-likeness (QED) is 0.0795. The molecule has 2 aromatic rings. The number of fused-ring (bicyclic) bond motifs is 1. The number of aliphatic hydroxyl groups is 4. The number of hydrogen-bond donors (Lipinski definition) is 7. The molecule has 0 unspecified atom stereocenters. The minimum Gasteiger partial charge on any atom is -0.504 e. The summed E-state index contributed by atoms with van der Waals surface area (Å²) in [7, 11) is 2.59. The largest absolute Gasteiger partial charge is 0.504 e. The molecule has 0 aliphatic carbocycles. The molecule has 0 spiro atoms. The number of amides is 1. The van der Waals surface area contributed by atoms with Crippen molar-refractivity contribution in [2.24, 2.45) is 11.8 Å². The molecule has 5 rings (SSSR count). The van der Waals surface area contributed by atoms with Crippen molar-refractivity contribution in [2.75, 3.05) is 27.4 Å². The number of aromatic hydroxyl groups is 3. The normalized spacial score (nSPS) is 29.4. The summed E-state index contributed by atoms with van der Waals surface area (Å²) in [4.78, 5) is 28.5. The molecule has 0 radical (unpaired) electrons. The molecule has 2 aromatic carbocycles. The Bertz CT molecular complexity index is 1640.